The first-order valence-electron chi connectivity index (χ1n) is 8.48. The Bertz CT molecular complexity index is 970. The first-order chi connectivity index (χ1) is 12.5. The maximum Gasteiger partial charge on any atom is 0.170 e. The van der Waals surface area contributed by atoms with Crippen LogP contribution < -0.4 is 4.74 Å². The van der Waals surface area contributed by atoms with E-state index in [4.69, 9.17) is 4.74 Å². The van der Waals surface area contributed by atoms with Crippen molar-refractivity contribution >= 4 is 11.0 Å². The van der Waals surface area contributed by atoms with Crippen LogP contribution in [0.25, 0.3) is 22.3 Å². The van der Waals surface area contributed by atoms with Gasteiger partial charge in [-0.25, -0.2) is 9.67 Å². The molecular weight excluding hydrogens is 328 g/mol. The van der Waals surface area contributed by atoms with Crippen molar-refractivity contribution in [3.63, 3.8) is 0 Å². The number of fused-ring (bicyclic) bond motifs is 1. The van der Waals surface area contributed by atoms with E-state index in [9.17, 15) is 5.26 Å². The molecule has 7 heteroatoms. The zero-order valence-corrected chi connectivity index (χ0v) is 15.5. The Morgan fingerprint density at radius 3 is 2.77 bits per heavy atom. The summed E-state index contributed by atoms with van der Waals surface area (Å²) in [5.74, 6) is 0.872. The smallest absolute Gasteiger partial charge is 0.170 e. The fourth-order valence-electron chi connectivity index (χ4n) is 2.79. The third-order valence-electron chi connectivity index (χ3n) is 4.18. The van der Waals surface area contributed by atoms with Gasteiger partial charge in [-0.05, 0) is 57.3 Å². The molecule has 0 radical (unpaired) electrons. The highest BCUT2D eigenvalue weighted by atomic mass is 16.5. The van der Waals surface area contributed by atoms with Crippen LogP contribution in [0.2, 0.25) is 0 Å². The van der Waals surface area contributed by atoms with Gasteiger partial charge in [-0.15, -0.1) is 5.10 Å². The van der Waals surface area contributed by atoms with Gasteiger partial charge >= 0.3 is 0 Å². The van der Waals surface area contributed by atoms with Crippen molar-refractivity contribution in [2.45, 2.75) is 13.3 Å². The van der Waals surface area contributed by atoms with Gasteiger partial charge in [-0.3, -0.25) is 0 Å². The molecule has 1 aromatic carbocycles. The van der Waals surface area contributed by atoms with Gasteiger partial charge < -0.3 is 9.64 Å². The van der Waals surface area contributed by atoms with E-state index in [1.54, 1.807) is 11.7 Å². The van der Waals surface area contributed by atoms with E-state index in [1.807, 2.05) is 31.2 Å². The lowest BCUT2D eigenvalue weighted by molar-refractivity contribution is 0.280. The molecule has 0 N–H and O–H groups in total. The summed E-state index contributed by atoms with van der Waals surface area (Å²) < 4.78 is 7.53. The Labute approximate surface area is 152 Å². The quantitative estimate of drug-likeness (QED) is 0.636. The normalized spacial score (nSPS) is 11.1. The number of hydrogen-bond donors (Lipinski definition) is 0. The zero-order chi connectivity index (χ0) is 18.7. The molecule has 0 unspecified atom stereocenters. The van der Waals surface area contributed by atoms with Gasteiger partial charge in [-0.2, -0.15) is 5.26 Å². The average Bonchev–Trinajstić information content (AvgIpc) is 3.00. The minimum atomic E-state index is 0.285. The summed E-state index contributed by atoms with van der Waals surface area (Å²) in [6.45, 7) is 3.69. The van der Waals surface area contributed by atoms with Crippen LogP contribution in [0.5, 0.6) is 5.75 Å². The summed E-state index contributed by atoms with van der Waals surface area (Å²) in [5, 5.41) is 17.4. The second-order valence-corrected chi connectivity index (χ2v) is 6.53. The molecule has 3 rings (SSSR count). The second-order valence-electron chi connectivity index (χ2n) is 6.53. The van der Waals surface area contributed by atoms with E-state index < -0.39 is 0 Å². The van der Waals surface area contributed by atoms with Crippen LogP contribution in [-0.2, 0) is 7.05 Å². The lowest BCUT2D eigenvalue weighted by atomic mass is 10.1. The monoisotopic (exact) mass is 350 g/mol. The van der Waals surface area contributed by atoms with E-state index in [0.29, 0.717) is 12.1 Å². The number of nitrogens with zero attached hydrogens (tertiary/aromatic N) is 6. The Hall–Kier alpha value is -2.98. The maximum absolute atomic E-state index is 9.36. The molecule has 0 spiro atoms. The van der Waals surface area contributed by atoms with Crippen molar-refractivity contribution in [1.82, 2.24) is 24.9 Å². The molecule has 0 aliphatic heterocycles. The van der Waals surface area contributed by atoms with Crippen molar-refractivity contribution in [1.29, 1.82) is 5.26 Å². The van der Waals surface area contributed by atoms with Crippen LogP contribution in [-0.4, -0.2) is 52.1 Å². The van der Waals surface area contributed by atoms with Crippen LogP contribution in [0.1, 0.15) is 17.7 Å². The van der Waals surface area contributed by atoms with Crippen molar-refractivity contribution < 1.29 is 4.74 Å². The second kappa shape index (κ2) is 7.50. The lowest BCUT2D eigenvalue weighted by Crippen LogP contribution is -2.15. The minimum Gasteiger partial charge on any atom is -0.493 e. The first-order valence-corrected chi connectivity index (χ1v) is 8.48. The highest BCUT2D eigenvalue weighted by molar-refractivity contribution is 5.83. The number of nitriles is 1. The number of rotatable bonds is 6. The largest absolute Gasteiger partial charge is 0.493 e. The fourth-order valence-corrected chi connectivity index (χ4v) is 2.79. The molecule has 3 aromatic rings. The van der Waals surface area contributed by atoms with E-state index in [1.165, 1.54) is 0 Å². The lowest BCUT2D eigenvalue weighted by Gasteiger charge is -2.13. The molecule has 0 bridgehead atoms. The number of ether oxygens (including phenoxy) is 1. The standard InChI is InChI=1S/C19H22N6O/c1-13-10-14(6-7-18(13)26-9-5-8-24(2)3)15-11-17-19(16(12-20)21-15)22-23-25(17)4/h6-7,10-11H,5,8-9H2,1-4H3. The molecule has 0 amide bonds. The highest BCUT2D eigenvalue weighted by Crippen LogP contribution is 2.27. The van der Waals surface area contributed by atoms with Gasteiger partial charge in [-0.1, -0.05) is 5.21 Å². The van der Waals surface area contributed by atoms with Crippen LogP contribution >= 0.6 is 0 Å². The highest BCUT2D eigenvalue weighted by Gasteiger charge is 2.13. The van der Waals surface area contributed by atoms with Crippen LogP contribution in [0.3, 0.4) is 0 Å². The molecule has 0 atom stereocenters. The van der Waals surface area contributed by atoms with Crippen LogP contribution in [0.4, 0.5) is 0 Å². The van der Waals surface area contributed by atoms with Gasteiger partial charge in [0.25, 0.3) is 0 Å². The molecule has 7 nitrogen and oxygen atoms in total. The number of benzene rings is 1. The van der Waals surface area contributed by atoms with E-state index >= 15 is 0 Å². The summed E-state index contributed by atoms with van der Waals surface area (Å²) in [5.41, 5.74) is 4.29. The molecule has 2 aromatic heterocycles. The summed E-state index contributed by atoms with van der Waals surface area (Å²) >= 11 is 0. The molecule has 2 heterocycles. The molecule has 0 fully saturated rings. The number of aryl methyl sites for hydroxylation is 2. The Kier molecular flexibility index (Phi) is 5.14. The summed E-state index contributed by atoms with van der Waals surface area (Å²) in [7, 11) is 5.91. The van der Waals surface area contributed by atoms with Crippen molar-refractivity contribution in [3.8, 4) is 23.1 Å². The van der Waals surface area contributed by atoms with Crippen LogP contribution in [0.15, 0.2) is 24.3 Å². The summed E-state index contributed by atoms with van der Waals surface area (Å²) in [6.07, 6.45) is 0.978. The van der Waals surface area contributed by atoms with Gasteiger partial charge in [0.15, 0.2) is 5.69 Å². The molecule has 0 saturated heterocycles. The minimum absolute atomic E-state index is 0.285. The number of pyridine rings is 1. The third kappa shape index (κ3) is 3.65. The number of aromatic nitrogens is 4. The SMILES string of the molecule is Cc1cc(-c2cc3c(nnn3C)c(C#N)n2)ccc1OCCCN(C)C. The zero-order valence-electron chi connectivity index (χ0n) is 15.5. The topological polar surface area (TPSA) is 79.9 Å². The van der Waals surface area contributed by atoms with E-state index in [2.05, 4.69) is 40.4 Å². The summed E-state index contributed by atoms with van der Waals surface area (Å²) in [6, 6.07) is 9.96. The molecule has 0 saturated carbocycles. The van der Waals surface area contributed by atoms with Crippen molar-refractivity contribution in [3.05, 3.63) is 35.5 Å². The molecular formula is C19H22N6O. The van der Waals surface area contributed by atoms with Gasteiger partial charge in [0.1, 0.15) is 17.3 Å². The van der Waals surface area contributed by atoms with E-state index in [0.717, 1.165) is 41.1 Å². The predicted octanol–water partition coefficient (Wildman–Crippen LogP) is 2.54. The van der Waals surface area contributed by atoms with Gasteiger partial charge in [0, 0.05) is 19.2 Å². The summed E-state index contributed by atoms with van der Waals surface area (Å²) in [4.78, 5) is 6.59. The Morgan fingerprint density at radius 1 is 1.27 bits per heavy atom. The van der Waals surface area contributed by atoms with Gasteiger partial charge in [0.05, 0.1) is 17.8 Å². The Balaban J connectivity index is 1.86. The number of hydrogen-bond acceptors (Lipinski definition) is 6. The molecule has 0 aliphatic carbocycles. The Morgan fingerprint density at radius 2 is 2.08 bits per heavy atom. The van der Waals surface area contributed by atoms with Crippen molar-refractivity contribution in [2.75, 3.05) is 27.2 Å². The van der Waals surface area contributed by atoms with Gasteiger partial charge in [0.2, 0.25) is 0 Å². The fraction of sp³-hybridized carbons (Fsp3) is 0.368. The van der Waals surface area contributed by atoms with Crippen LogP contribution in [0, 0.1) is 18.3 Å². The van der Waals surface area contributed by atoms with Crippen molar-refractivity contribution in [2.24, 2.45) is 7.05 Å². The van der Waals surface area contributed by atoms with E-state index in [-0.39, 0.29) is 5.69 Å². The molecule has 0 aliphatic rings. The maximum atomic E-state index is 9.36. The predicted molar refractivity (Wildman–Crippen MR) is 99.9 cm³/mol. The average molecular weight is 350 g/mol. The molecule has 26 heavy (non-hydrogen) atoms. The first kappa shape index (κ1) is 17.8. The molecule has 134 valence electrons. The third-order valence-corrected chi connectivity index (χ3v) is 4.18.